The zero-order chi connectivity index (χ0) is 37.8. The molecule has 0 radical (unpaired) electrons. The molecule has 1 fully saturated rings. The highest BCUT2D eigenvalue weighted by molar-refractivity contribution is 6.06. The van der Waals surface area contributed by atoms with Gasteiger partial charge in [0, 0.05) is 55.5 Å². The molecule has 3 aromatic carbocycles. The summed E-state index contributed by atoms with van der Waals surface area (Å²) in [6.07, 6.45) is 5.22. The van der Waals surface area contributed by atoms with E-state index in [0.717, 1.165) is 45.0 Å². The number of nitrogens with one attached hydrogen (secondary N) is 1. The molecule has 0 unspecified atom stereocenters. The number of fused-ring (bicyclic) bond motifs is 3. The van der Waals surface area contributed by atoms with Crippen LogP contribution in [0.4, 0.5) is 14.5 Å². The standard InChI is InChI=1S/C40H40F2N4O8/c1-3-50-31-12-17-46(27-8-5-25(41)6-9-27)39(48)35(31)38(47)44-26-7-10-30(28(42)23-26)54-32-11-15-43-29-24-33(36-37(34(29)32)53-22-21-52-36)51-20-4-16-45-18-13-40(2,49)14-19-45/h5-12,15,17,23-24,49H,3-4,13-14,16,18-22H2,1-2H3,(H,44,47). The fourth-order valence-corrected chi connectivity index (χ4v) is 6.48. The number of carbonyl (C=O) groups excluding carboxylic acids is 1. The van der Waals surface area contributed by atoms with Gasteiger partial charge in [0.05, 0.1) is 29.7 Å². The molecule has 2 aliphatic heterocycles. The smallest absolute Gasteiger partial charge is 0.271 e. The zero-order valence-corrected chi connectivity index (χ0v) is 29.9. The van der Waals surface area contributed by atoms with Crippen LogP contribution in [-0.4, -0.2) is 77.1 Å². The second-order valence-corrected chi connectivity index (χ2v) is 13.3. The number of halogens is 2. The van der Waals surface area contributed by atoms with Gasteiger partial charge in [-0.05, 0) is 81.6 Å². The van der Waals surface area contributed by atoms with Crippen molar-refractivity contribution in [3.8, 4) is 40.2 Å². The van der Waals surface area contributed by atoms with Crippen LogP contribution in [0.15, 0.2) is 77.9 Å². The maximum absolute atomic E-state index is 15.6. The Morgan fingerprint density at radius 3 is 2.44 bits per heavy atom. The van der Waals surface area contributed by atoms with Gasteiger partial charge in [0.15, 0.2) is 23.1 Å². The molecular weight excluding hydrogens is 702 g/mol. The second kappa shape index (κ2) is 15.7. The average molecular weight is 743 g/mol. The van der Waals surface area contributed by atoms with Gasteiger partial charge in [0.1, 0.15) is 36.1 Å². The zero-order valence-electron chi connectivity index (χ0n) is 29.9. The van der Waals surface area contributed by atoms with Gasteiger partial charge in [0.2, 0.25) is 5.75 Å². The lowest BCUT2D eigenvalue weighted by Crippen LogP contribution is -2.42. The summed E-state index contributed by atoms with van der Waals surface area (Å²) in [6, 6.07) is 13.9. The number of aromatic nitrogens is 2. The third kappa shape index (κ3) is 7.94. The summed E-state index contributed by atoms with van der Waals surface area (Å²) in [7, 11) is 0. The molecule has 14 heteroatoms. The number of hydrogen-bond acceptors (Lipinski definition) is 10. The van der Waals surface area contributed by atoms with Crippen LogP contribution in [0.1, 0.15) is 43.5 Å². The van der Waals surface area contributed by atoms with Crippen molar-refractivity contribution in [3.63, 3.8) is 0 Å². The molecule has 7 rings (SSSR count). The van der Waals surface area contributed by atoms with E-state index in [4.69, 9.17) is 23.7 Å². The van der Waals surface area contributed by atoms with Crippen molar-refractivity contribution in [3.05, 3.63) is 101 Å². The van der Waals surface area contributed by atoms with Gasteiger partial charge in [0.25, 0.3) is 11.5 Å². The summed E-state index contributed by atoms with van der Waals surface area (Å²) < 4.78 is 60.2. The maximum Gasteiger partial charge on any atom is 0.271 e. The lowest BCUT2D eigenvalue weighted by Gasteiger charge is -2.35. The van der Waals surface area contributed by atoms with Crippen LogP contribution < -0.4 is 34.6 Å². The molecule has 2 N–H and O–H groups in total. The van der Waals surface area contributed by atoms with E-state index in [-0.39, 0.29) is 41.7 Å². The summed E-state index contributed by atoms with van der Waals surface area (Å²) in [6.45, 7) is 7.31. The first-order chi connectivity index (χ1) is 26.1. The summed E-state index contributed by atoms with van der Waals surface area (Å²) in [5.74, 6) is -0.668. The van der Waals surface area contributed by atoms with Crippen molar-refractivity contribution in [1.82, 2.24) is 14.5 Å². The molecule has 1 saturated heterocycles. The number of pyridine rings is 2. The van der Waals surface area contributed by atoms with E-state index in [9.17, 15) is 19.1 Å². The van der Waals surface area contributed by atoms with Crippen molar-refractivity contribution >= 4 is 22.5 Å². The Morgan fingerprint density at radius 2 is 1.70 bits per heavy atom. The maximum atomic E-state index is 15.6. The lowest BCUT2D eigenvalue weighted by atomic mass is 9.94. The summed E-state index contributed by atoms with van der Waals surface area (Å²) in [4.78, 5) is 33.8. The lowest BCUT2D eigenvalue weighted by molar-refractivity contribution is -0.00606. The highest BCUT2D eigenvalue weighted by Crippen LogP contribution is 2.48. The van der Waals surface area contributed by atoms with E-state index in [2.05, 4.69) is 15.2 Å². The number of hydrogen-bond donors (Lipinski definition) is 2. The average Bonchev–Trinajstić information content (AvgIpc) is 3.15. The van der Waals surface area contributed by atoms with Gasteiger partial charge in [-0.25, -0.2) is 8.78 Å². The van der Waals surface area contributed by atoms with Gasteiger partial charge in [-0.1, -0.05) is 0 Å². The van der Waals surface area contributed by atoms with E-state index < -0.39 is 28.7 Å². The molecule has 2 aliphatic rings. The molecule has 2 aromatic heterocycles. The van der Waals surface area contributed by atoms with E-state index in [1.807, 2.05) is 6.92 Å². The molecule has 5 aromatic rings. The second-order valence-electron chi connectivity index (χ2n) is 13.3. The number of likely N-dealkylation sites (tertiary alicyclic amines) is 1. The SMILES string of the molecule is CCOc1ccn(-c2ccc(F)cc2)c(=O)c1C(=O)Nc1ccc(Oc2ccnc3cc(OCCCN4CCC(C)(O)CC4)c4c(c23)OCCO4)c(F)c1. The number of anilines is 1. The molecule has 4 heterocycles. The topological polar surface area (TPSA) is 134 Å². The molecule has 0 atom stereocenters. The molecule has 12 nitrogen and oxygen atoms in total. The summed E-state index contributed by atoms with van der Waals surface area (Å²) in [5.41, 5.74) is -0.707. The van der Waals surface area contributed by atoms with Crippen molar-refractivity contribution in [2.45, 2.75) is 38.7 Å². The molecule has 0 aliphatic carbocycles. The van der Waals surface area contributed by atoms with Crippen molar-refractivity contribution < 1.29 is 42.4 Å². The highest BCUT2D eigenvalue weighted by atomic mass is 19.1. The van der Waals surface area contributed by atoms with Gasteiger partial charge >= 0.3 is 0 Å². The summed E-state index contributed by atoms with van der Waals surface area (Å²) >= 11 is 0. The van der Waals surface area contributed by atoms with Crippen LogP contribution in [0.25, 0.3) is 16.6 Å². The number of benzene rings is 3. The molecule has 54 heavy (non-hydrogen) atoms. The minimum atomic E-state index is -0.823. The Kier molecular flexibility index (Phi) is 10.7. The number of rotatable bonds is 12. The van der Waals surface area contributed by atoms with Crippen molar-refractivity contribution in [2.75, 3.05) is 51.4 Å². The number of amides is 1. The predicted molar refractivity (Wildman–Crippen MR) is 197 cm³/mol. The third-order valence-electron chi connectivity index (χ3n) is 9.35. The molecule has 0 bridgehead atoms. The molecule has 1 amide bonds. The van der Waals surface area contributed by atoms with Crippen LogP contribution in [0.3, 0.4) is 0 Å². The van der Waals surface area contributed by atoms with Crippen LogP contribution >= 0.6 is 0 Å². The Hall–Kier alpha value is -5.73. The normalized spacial score (nSPS) is 15.1. The Bertz CT molecular complexity index is 2220. The van der Waals surface area contributed by atoms with Crippen LogP contribution in [-0.2, 0) is 0 Å². The first-order valence-electron chi connectivity index (χ1n) is 17.8. The molecular formula is C40H40F2N4O8. The number of carbonyl (C=O) groups is 1. The monoisotopic (exact) mass is 742 g/mol. The van der Waals surface area contributed by atoms with Crippen molar-refractivity contribution in [2.24, 2.45) is 0 Å². The van der Waals surface area contributed by atoms with E-state index >= 15 is 4.39 Å². The first-order valence-corrected chi connectivity index (χ1v) is 17.8. The molecule has 282 valence electrons. The van der Waals surface area contributed by atoms with Gasteiger partial charge in [-0.15, -0.1) is 0 Å². The van der Waals surface area contributed by atoms with Crippen LogP contribution in [0.5, 0.6) is 34.5 Å². The number of ether oxygens (including phenoxy) is 5. The first kappa shape index (κ1) is 36.6. The third-order valence-corrected chi connectivity index (χ3v) is 9.35. The number of nitrogens with zero attached hydrogens (tertiary/aromatic N) is 3. The summed E-state index contributed by atoms with van der Waals surface area (Å²) in [5, 5.41) is 13.3. The minimum absolute atomic E-state index is 0.0416. The Balaban J connectivity index is 1.08. The Labute approximate surface area is 309 Å². The molecule has 0 spiro atoms. The van der Waals surface area contributed by atoms with Gasteiger partial charge in [-0.2, -0.15) is 0 Å². The largest absolute Gasteiger partial charge is 0.493 e. The minimum Gasteiger partial charge on any atom is -0.493 e. The van der Waals surface area contributed by atoms with E-state index in [1.165, 1.54) is 59.4 Å². The van der Waals surface area contributed by atoms with Gasteiger partial charge < -0.3 is 39.0 Å². The van der Waals surface area contributed by atoms with Crippen LogP contribution in [0.2, 0.25) is 0 Å². The molecule has 0 saturated carbocycles. The van der Waals surface area contributed by atoms with E-state index in [0.29, 0.717) is 47.1 Å². The fraction of sp³-hybridized carbons (Fsp3) is 0.325. The fourth-order valence-electron chi connectivity index (χ4n) is 6.48. The number of piperidine rings is 1. The quantitative estimate of drug-likeness (QED) is 0.137. The van der Waals surface area contributed by atoms with E-state index in [1.54, 1.807) is 19.1 Å². The Morgan fingerprint density at radius 1 is 0.944 bits per heavy atom. The van der Waals surface area contributed by atoms with Gasteiger partial charge in [-0.3, -0.25) is 19.1 Å². The predicted octanol–water partition coefficient (Wildman–Crippen LogP) is 6.49. The number of aliphatic hydroxyl groups is 1. The van der Waals surface area contributed by atoms with Crippen LogP contribution in [0, 0.1) is 11.6 Å². The van der Waals surface area contributed by atoms with Crippen molar-refractivity contribution in [1.29, 1.82) is 0 Å². The highest BCUT2D eigenvalue weighted by Gasteiger charge is 2.28.